The second-order valence-corrected chi connectivity index (χ2v) is 3.89. The molecule has 1 rings (SSSR count). The Bertz CT molecular complexity index is 465. The summed E-state index contributed by atoms with van der Waals surface area (Å²) < 4.78 is 0. The van der Waals surface area contributed by atoms with Gasteiger partial charge < -0.3 is 15.7 Å². The summed E-state index contributed by atoms with van der Waals surface area (Å²) in [4.78, 5) is 22.7. The molecule has 100 valence electrons. The molecule has 5 heteroatoms. The van der Waals surface area contributed by atoms with Crippen LogP contribution in [0.15, 0.2) is 30.3 Å². The number of benzene rings is 1. The Morgan fingerprint density at radius 1 is 1.32 bits per heavy atom. The Kier molecular flexibility index (Phi) is 5.96. The monoisotopic (exact) mass is 260 g/mol. The van der Waals surface area contributed by atoms with Crippen LogP contribution in [0.2, 0.25) is 0 Å². The van der Waals surface area contributed by atoms with Crippen LogP contribution in [0.5, 0.6) is 0 Å². The molecule has 0 heterocycles. The molecule has 0 bridgehead atoms. The van der Waals surface area contributed by atoms with Gasteiger partial charge in [0.15, 0.2) is 6.04 Å². The highest BCUT2D eigenvalue weighted by atomic mass is 16.4. The Hall–Kier alpha value is -2.48. The number of aliphatic carboxylic acids is 1. The number of carbonyl (C=O) groups excluding carboxylic acids is 1. The molecular weight excluding hydrogens is 244 g/mol. The van der Waals surface area contributed by atoms with E-state index in [0.717, 1.165) is 0 Å². The Morgan fingerprint density at radius 2 is 2.00 bits per heavy atom. The first kappa shape index (κ1) is 14.6. The molecule has 3 N–H and O–H groups in total. The minimum absolute atomic E-state index is 0.414. The summed E-state index contributed by atoms with van der Waals surface area (Å²) in [5, 5.41) is 14.1. The zero-order valence-corrected chi connectivity index (χ0v) is 10.4. The number of urea groups is 1. The molecule has 0 saturated heterocycles. The zero-order valence-electron chi connectivity index (χ0n) is 10.4. The third-order valence-electron chi connectivity index (χ3n) is 2.44. The molecule has 0 radical (unpaired) electrons. The van der Waals surface area contributed by atoms with Gasteiger partial charge in [-0.25, -0.2) is 9.59 Å². The van der Waals surface area contributed by atoms with E-state index >= 15 is 0 Å². The van der Waals surface area contributed by atoms with Crippen molar-refractivity contribution in [2.45, 2.75) is 18.9 Å². The lowest BCUT2D eigenvalue weighted by Gasteiger charge is -2.15. The number of amides is 2. The van der Waals surface area contributed by atoms with E-state index in [1.807, 2.05) is 0 Å². The largest absolute Gasteiger partial charge is 0.479 e. The molecule has 19 heavy (non-hydrogen) atoms. The maximum atomic E-state index is 11.6. The molecular formula is C14H16N2O3. The van der Waals surface area contributed by atoms with Crippen molar-refractivity contribution in [3.05, 3.63) is 35.9 Å². The van der Waals surface area contributed by atoms with Gasteiger partial charge in [-0.05, 0) is 12.0 Å². The Balaban J connectivity index is 2.53. The van der Waals surface area contributed by atoms with Gasteiger partial charge in [0, 0.05) is 13.0 Å². The summed E-state index contributed by atoms with van der Waals surface area (Å²) in [5.41, 5.74) is 0.522. The molecule has 1 aromatic carbocycles. The second-order valence-electron chi connectivity index (χ2n) is 3.89. The van der Waals surface area contributed by atoms with Gasteiger partial charge in [0.2, 0.25) is 0 Å². The number of hydrogen-bond acceptors (Lipinski definition) is 2. The van der Waals surface area contributed by atoms with E-state index in [1.165, 1.54) is 0 Å². The van der Waals surface area contributed by atoms with Crippen LogP contribution in [0.4, 0.5) is 4.79 Å². The zero-order chi connectivity index (χ0) is 14.1. The van der Waals surface area contributed by atoms with Crippen molar-refractivity contribution < 1.29 is 14.7 Å². The van der Waals surface area contributed by atoms with E-state index in [0.29, 0.717) is 24.9 Å². The van der Waals surface area contributed by atoms with Crippen LogP contribution >= 0.6 is 0 Å². The quantitative estimate of drug-likeness (QED) is 0.536. The van der Waals surface area contributed by atoms with Crippen molar-refractivity contribution in [3.63, 3.8) is 0 Å². The van der Waals surface area contributed by atoms with Crippen LogP contribution in [0.1, 0.15) is 24.4 Å². The number of unbranched alkanes of at least 4 members (excludes halogenated alkanes) is 1. The van der Waals surface area contributed by atoms with Crippen molar-refractivity contribution in [1.82, 2.24) is 10.6 Å². The van der Waals surface area contributed by atoms with E-state index in [2.05, 4.69) is 16.6 Å². The van der Waals surface area contributed by atoms with Crippen LogP contribution in [0.25, 0.3) is 0 Å². The molecule has 0 aliphatic heterocycles. The number of carboxylic acids is 1. The van der Waals surface area contributed by atoms with Crippen molar-refractivity contribution in [3.8, 4) is 12.3 Å². The molecule has 0 aliphatic rings. The highest BCUT2D eigenvalue weighted by molar-refractivity contribution is 5.83. The molecule has 0 aromatic heterocycles. The highest BCUT2D eigenvalue weighted by Crippen LogP contribution is 2.12. The van der Waals surface area contributed by atoms with Gasteiger partial charge in [-0.1, -0.05) is 30.3 Å². The number of nitrogens with one attached hydrogen (secondary N) is 2. The summed E-state index contributed by atoms with van der Waals surface area (Å²) in [6, 6.07) is 6.94. The fourth-order valence-electron chi connectivity index (χ4n) is 1.51. The number of hydrogen-bond donors (Lipinski definition) is 3. The summed E-state index contributed by atoms with van der Waals surface area (Å²) in [7, 11) is 0. The van der Waals surface area contributed by atoms with Gasteiger partial charge in [0.1, 0.15) is 0 Å². The molecule has 1 aromatic rings. The third kappa shape index (κ3) is 5.13. The molecule has 0 aliphatic carbocycles. The molecule has 0 fully saturated rings. The standard InChI is InChI=1S/C14H16N2O3/c1-2-3-7-10-15-14(19)16-12(13(17)18)11-8-5-4-6-9-11/h1,4-6,8-9,12H,3,7,10H2,(H,17,18)(H2,15,16,19)/t12-/m1/s1. The van der Waals surface area contributed by atoms with Crippen LogP contribution < -0.4 is 10.6 Å². The van der Waals surface area contributed by atoms with Crippen molar-refractivity contribution in [2.24, 2.45) is 0 Å². The van der Waals surface area contributed by atoms with E-state index < -0.39 is 18.0 Å². The lowest BCUT2D eigenvalue weighted by atomic mass is 10.1. The van der Waals surface area contributed by atoms with Crippen LogP contribution in [-0.4, -0.2) is 23.7 Å². The smallest absolute Gasteiger partial charge is 0.330 e. The summed E-state index contributed by atoms with van der Waals surface area (Å²) >= 11 is 0. The minimum atomic E-state index is -1.11. The highest BCUT2D eigenvalue weighted by Gasteiger charge is 2.21. The van der Waals surface area contributed by atoms with Gasteiger partial charge in [-0.3, -0.25) is 0 Å². The Morgan fingerprint density at radius 3 is 2.58 bits per heavy atom. The van der Waals surface area contributed by atoms with Crippen molar-refractivity contribution >= 4 is 12.0 Å². The van der Waals surface area contributed by atoms with E-state index in [4.69, 9.17) is 11.5 Å². The van der Waals surface area contributed by atoms with Gasteiger partial charge in [-0.2, -0.15) is 0 Å². The summed E-state index contributed by atoms with van der Waals surface area (Å²) in [6.45, 7) is 0.414. The summed E-state index contributed by atoms with van der Waals surface area (Å²) in [6.07, 6.45) is 6.32. The molecule has 0 unspecified atom stereocenters. The van der Waals surface area contributed by atoms with E-state index in [1.54, 1.807) is 30.3 Å². The Labute approximate surface area is 112 Å². The number of terminal acetylenes is 1. The second kappa shape index (κ2) is 7.77. The SMILES string of the molecule is C#CCCCNC(=O)N[C@@H](C(=O)O)c1ccccc1. The molecule has 1 atom stereocenters. The first-order valence-electron chi connectivity index (χ1n) is 5.90. The average molecular weight is 260 g/mol. The van der Waals surface area contributed by atoms with Crippen LogP contribution in [-0.2, 0) is 4.79 Å². The third-order valence-corrected chi connectivity index (χ3v) is 2.44. The average Bonchev–Trinajstić information content (AvgIpc) is 2.41. The molecule has 2 amide bonds. The van der Waals surface area contributed by atoms with Crippen LogP contribution in [0.3, 0.4) is 0 Å². The van der Waals surface area contributed by atoms with Crippen molar-refractivity contribution in [2.75, 3.05) is 6.54 Å². The van der Waals surface area contributed by atoms with Gasteiger partial charge >= 0.3 is 12.0 Å². The lowest BCUT2D eigenvalue weighted by Crippen LogP contribution is -2.41. The predicted octanol–water partition coefficient (Wildman–Crippen LogP) is 1.52. The topological polar surface area (TPSA) is 78.4 Å². The number of carbonyl (C=O) groups is 2. The van der Waals surface area contributed by atoms with Gasteiger partial charge in [0.05, 0.1) is 0 Å². The molecule has 5 nitrogen and oxygen atoms in total. The lowest BCUT2D eigenvalue weighted by molar-refractivity contribution is -0.139. The summed E-state index contributed by atoms with van der Waals surface area (Å²) in [5.74, 6) is 1.35. The first-order chi connectivity index (χ1) is 9.15. The van der Waals surface area contributed by atoms with E-state index in [-0.39, 0.29) is 0 Å². The van der Waals surface area contributed by atoms with Crippen molar-refractivity contribution in [1.29, 1.82) is 0 Å². The molecule has 0 spiro atoms. The van der Waals surface area contributed by atoms with Crippen LogP contribution in [0, 0.1) is 12.3 Å². The molecule has 0 saturated carbocycles. The maximum absolute atomic E-state index is 11.6. The fourth-order valence-corrected chi connectivity index (χ4v) is 1.51. The fraction of sp³-hybridized carbons (Fsp3) is 0.286. The number of rotatable bonds is 6. The normalized spacial score (nSPS) is 11.1. The maximum Gasteiger partial charge on any atom is 0.330 e. The predicted molar refractivity (Wildman–Crippen MR) is 71.4 cm³/mol. The number of carboxylic acid groups (broad SMARTS) is 1. The van der Waals surface area contributed by atoms with Gasteiger partial charge in [-0.15, -0.1) is 12.3 Å². The van der Waals surface area contributed by atoms with E-state index in [9.17, 15) is 9.59 Å². The minimum Gasteiger partial charge on any atom is -0.479 e. The first-order valence-corrected chi connectivity index (χ1v) is 5.90. The van der Waals surface area contributed by atoms with Gasteiger partial charge in [0.25, 0.3) is 0 Å².